The molecule has 1 unspecified atom stereocenters. The molecule has 35 heavy (non-hydrogen) atoms. The van der Waals surface area contributed by atoms with Crippen molar-refractivity contribution in [1.82, 2.24) is 18.7 Å². The van der Waals surface area contributed by atoms with Gasteiger partial charge in [0.05, 0.1) is 12.8 Å². The van der Waals surface area contributed by atoms with E-state index in [9.17, 15) is 19.8 Å². The first-order valence-corrected chi connectivity index (χ1v) is 10.9. The molecule has 2 heterocycles. The maximum Gasteiger partial charge on any atom is 0.332 e. The zero-order valence-electron chi connectivity index (χ0n) is 19.5. The second-order valence-electron chi connectivity index (χ2n) is 8.17. The van der Waals surface area contributed by atoms with E-state index in [1.54, 1.807) is 18.2 Å². The number of fused-ring (bicyclic) bond motifs is 1. The monoisotopic (exact) mass is 478 g/mol. The van der Waals surface area contributed by atoms with Crippen LogP contribution in [0.25, 0.3) is 11.2 Å². The van der Waals surface area contributed by atoms with Crippen LogP contribution < -0.4 is 21.4 Å². The molecular weight excluding hydrogens is 452 g/mol. The quantitative estimate of drug-likeness (QED) is 0.257. The number of hydrazone groups is 1. The second kappa shape index (κ2) is 9.85. The van der Waals surface area contributed by atoms with Crippen molar-refractivity contribution in [1.29, 1.82) is 0 Å². The average molecular weight is 479 g/mol. The normalized spacial score (nSPS) is 12.3. The van der Waals surface area contributed by atoms with E-state index in [1.165, 1.54) is 41.6 Å². The number of aliphatic hydroxyl groups excluding tert-OH is 1. The van der Waals surface area contributed by atoms with Gasteiger partial charge in [-0.15, -0.1) is 0 Å². The predicted octanol–water partition coefficient (Wildman–Crippen LogP) is 1.33. The summed E-state index contributed by atoms with van der Waals surface area (Å²) < 4.78 is 9.43. The Morgan fingerprint density at radius 3 is 2.60 bits per heavy atom. The van der Waals surface area contributed by atoms with Crippen molar-refractivity contribution in [2.24, 2.45) is 19.2 Å². The van der Waals surface area contributed by atoms with Crippen molar-refractivity contribution < 1.29 is 14.9 Å². The molecule has 0 bridgehead atoms. The van der Waals surface area contributed by atoms with E-state index in [0.717, 1.165) is 10.1 Å². The Bertz CT molecular complexity index is 1500. The highest BCUT2D eigenvalue weighted by Gasteiger charge is 2.21. The lowest BCUT2D eigenvalue weighted by atomic mass is 10.2. The molecule has 11 heteroatoms. The topological polar surface area (TPSA) is 136 Å². The van der Waals surface area contributed by atoms with Crippen LogP contribution in [0, 0.1) is 6.92 Å². The first kappa shape index (κ1) is 23.8. The van der Waals surface area contributed by atoms with E-state index < -0.39 is 17.4 Å². The molecule has 0 aliphatic carbocycles. The van der Waals surface area contributed by atoms with E-state index >= 15 is 0 Å². The van der Waals surface area contributed by atoms with Crippen LogP contribution in [0.4, 0.5) is 5.95 Å². The number of nitrogens with zero attached hydrogens (tertiary/aromatic N) is 5. The Labute approximate surface area is 200 Å². The number of benzene rings is 2. The lowest BCUT2D eigenvalue weighted by Gasteiger charge is -2.15. The van der Waals surface area contributed by atoms with Gasteiger partial charge >= 0.3 is 5.69 Å². The predicted molar refractivity (Wildman–Crippen MR) is 132 cm³/mol. The number of rotatable bonds is 8. The lowest BCUT2D eigenvalue weighted by molar-refractivity contribution is 0.0938. The van der Waals surface area contributed by atoms with Crippen molar-refractivity contribution in [3.05, 3.63) is 80.5 Å². The van der Waals surface area contributed by atoms with Gasteiger partial charge in [-0.1, -0.05) is 12.1 Å². The molecule has 11 nitrogen and oxygen atoms in total. The molecule has 0 aliphatic heterocycles. The maximum absolute atomic E-state index is 12.9. The number of hydrogen-bond acceptors (Lipinski definition) is 8. The van der Waals surface area contributed by atoms with Gasteiger partial charge in [0.15, 0.2) is 11.2 Å². The van der Waals surface area contributed by atoms with Crippen LogP contribution in [0.2, 0.25) is 0 Å². The first-order valence-electron chi connectivity index (χ1n) is 10.9. The summed E-state index contributed by atoms with van der Waals surface area (Å²) in [4.78, 5) is 29.7. The molecule has 3 N–H and O–H groups in total. The third-order valence-corrected chi connectivity index (χ3v) is 5.44. The fourth-order valence-electron chi connectivity index (χ4n) is 3.60. The number of aryl methyl sites for hydroxylation is 2. The highest BCUT2D eigenvalue weighted by atomic mass is 16.5. The minimum absolute atomic E-state index is 0.0224. The summed E-state index contributed by atoms with van der Waals surface area (Å²) >= 11 is 0. The number of hydrogen-bond donors (Lipinski definition) is 3. The summed E-state index contributed by atoms with van der Waals surface area (Å²) in [6, 6.07) is 13.9. The summed E-state index contributed by atoms with van der Waals surface area (Å²) in [6.45, 7) is 1.88. The molecule has 0 aliphatic rings. The second-order valence-corrected chi connectivity index (χ2v) is 8.17. The highest BCUT2D eigenvalue weighted by Crippen LogP contribution is 2.18. The SMILES string of the molecule is Cc1cccc(OCC(O)Cn2c(N/N=C/c3ccc(O)cc3)nc3c2c(=O)n(C)c(=O)n3C)c1. The number of phenolic OH excluding ortho intramolecular Hbond substituents is 1. The number of aliphatic hydroxyl groups is 1. The summed E-state index contributed by atoms with van der Waals surface area (Å²) in [5.41, 5.74) is 3.77. The van der Waals surface area contributed by atoms with E-state index in [-0.39, 0.29) is 36.0 Å². The van der Waals surface area contributed by atoms with E-state index in [4.69, 9.17) is 4.74 Å². The Morgan fingerprint density at radius 2 is 1.89 bits per heavy atom. The summed E-state index contributed by atoms with van der Waals surface area (Å²) in [5.74, 6) is 0.924. The maximum atomic E-state index is 12.9. The minimum atomic E-state index is -0.989. The number of phenols is 1. The standard InChI is InChI=1S/C24H26N6O5/c1-15-5-4-6-19(11-15)35-14-18(32)13-30-20-21(28(2)24(34)29(3)22(20)33)26-23(30)27-25-12-16-7-9-17(31)10-8-16/h4-12,18,31-32H,13-14H2,1-3H3,(H,26,27)/b25-12+. The fourth-order valence-corrected chi connectivity index (χ4v) is 3.60. The molecule has 182 valence electrons. The van der Waals surface area contributed by atoms with Crippen molar-refractivity contribution in [3.63, 3.8) is 0 Å². The Morgan fingerprint density at radius 1 is 1.14 bits per heavy atom. The molecule has 4 aromatic rings. The van der Waals surface area contributed by atoms with E-state index in [1.807, 2.05) is 25.1 Å². The number of aromatic hydroxyl groups is 1. The molecule has 4 rings (SSSR count). The van der Waals surface area contributed by atoms with Crippen molar-refractivity contribution in [2.45, 2.75) is 19.6 Å². The Hall–Kier alpha value is -4.38. The highest BCUT2D eigenvalue weighted by molar-refractivity contribution is 5.80. The van der Waals surface area contributed by atoms with Crippen LogP contribution in [0.1, 0.15) is 11.1 Å². The molecule has 0 fully saturated rings. The van der Waals surface area contributed by atoms with Gasteiger partial charge in [-0.2, -0.15) is 10.1 Å². The Kier molecular flexibility index (Phi) is 6.69. The van der Waals surface area contributed by atoms with Gasteiger partial charge in [0.25, 0.3) is 5.56 Å². The third-order valence-electron chi connectivity index (χ3n) is 5.44. The average Bonchev–Trinajstić information content (AvgIpc) is 3.19. The van der Waals surface area contributed by atoms with Gasteiger partial charge in [-0.05, 0) is 54.4 Å². The summed E-state index contributed by atoms with van der Waals surface area (Å²) in [7, 11) is 2.90. The third kappa shape index (κ3) is 5.09. The number of anilines is 1. The smallest absolute Gasteiger partial charge is 0.332 e. The number of ether oxygens (including phenoxy) is 1. The van der Waals surface area contributed by atoms with Gasteiger partial charge in [-0.3, -0.25) is 13.9 Å². The van der Waals surface area contributed by atoms with Gasteiger partial charge in [0, 0.05) is 14.1 Å². The van der Waals surface area contributed by atoms with E-state index in [0.29, 0.717) is 11.3 Å². The zero-order valence-corrected chi connectivity index (χ0v) is 19.5. The van der Waals surface area contributed by atoms with Crippen molar-refractivity contribution in [2.75, 3.05) is 12.0 Å². The van der Waals surface area contributed by atoms with E-state index in [2.05, 4.69) is 15.5 Å². The number of nitrogens with one attached hydrogen (secondary N) is 1. The largest absolute Gasteiger partial charge is 0.508 e. The molecular formula is C24H26N6O5. The molecule has 2 aromatic carbocycles. The molecule has 0 saturated carbocycles. The minimum Gasteiger partial charge on any atom is -0.508 e. The van der Waals surface area contributed by atoms with Crippen LogP contribution in [-0.2, 0) is 20.6 Å². The van der Waals surface area contributed by atoms with Gasteiger partial charge < -0.3 is 19.5 Å². The van der Waals surface area contributed by atoms with Crippen molar-refractivity contribution in [3.8, 4) is 11.5 Å². The van der Waals surface area contributed by atoms with Gasteiger partial charge in [0.1, 0.15) is 24.2 Å². The van der Waals surface area contributed by atoms with Gasteiger partial charge in [-0.25, -0.2) is 10.2 Å². The first-order chi connectivity index (χ1) is 16.7. The fraction of sp³-hybridized carbons (Fsp3) is 0.250. The number of aromatic nitrogens is 4. The van der Waals surface area contributed by atoms with Crippen LogP contribution in [-0.4, -0.2) is 47.8 Å². The van der Waals surface area contributed by atoms with Crippen LogP contribution in [0.15, 0.2) is 63.2 Å². The van der Waals surface area contributed by atoms with Crippen LogP contribution >= 0.6 is 0 Å². The molecule has 1 atom stereocenters. The molecule has 0 spiro atoms. The molecule has 0 saturated heterocycles. The van der Waals surface area contributed by atoms with Crippen LogP contribution in [0.5, 0.6) is 11.5 Å². The lowest BCUT2D eigenvalue weighted by Crippen LogP contribution is -2.38. The van der Waals surface area contributed by atoms with Crippen molar-refractivity contribution >= 4 is 23.3 Å². The van der Waals surface area contributed by atoms with Crippen LogP contribution in [0.3, 0.4) is 0 Å². The van der Waals surface area contributed by atoms with Gasteiger partial charge in [0.2, 0.25) is 5.95 Å². The number of imidazole rings is 1. The Balaban J connectivity index is 1.65. The molecule has 0 radical (unpaired) electrons. The summed E-state index contributed by atoms with van der Waals surface area (Å²) in [5, 5.41) is 24.3. The summed E-state index contributed by atoms with van der Waals surface area (Å²) in [6.07, 6.45) is 0.522. The zero-order chi connectivity index (χ0) is 25.1. The molecule has 2 aromatic heterocycles. The molecule has 0 amide bonds.